The van der Waals surface area contributed by atoms with Gasteiger partial charge in [-0.2, -0.15) is 0 Å². The first-order chi connectivity index (χ1) is 13.4. The van der Waals surface area contributed by atoms with Crippen molar-refractivity contribution >= 4 is 29.8 Å². The van der Waals surface area contributed by atoms with Gasteiger partial charge in [0.05, 0.1) is 6.61 Å². The highest BCUT2D eigenvalue weighted by molar-refractivity contribution is 6.02. The summed E-state index contributed by atoms with van der Waals surface area (Å²) in [6, 6.07) is 6.70. The Bertz CT molecular complexity index is 909. The summed E-state index contributed by atoms with van der Waals surface area (Å²) in [5.74, 6) is -1.60. The quantitative estimate of drug-likeness (QED) is 0.764. The SMILES string of the molecule is CCc1ccc(C(=O)Nc2ccc(F)c([C@]3(C(F)F)COCC(N)=N3)c2)nc1.Cl. The third-order valence-corrected chi connectivity index (χ3v) is 4.43. The number of amidine groups is 1. The molecule has 3 rings (SSSR count). The van der Waals surface area contributed by atoms with Gasteiger partial charge < -0.3 is 15.8 Å². The average molecular weight is 429 g/mol. The summed E-state index contributed by atoms with van der Waals surface area (Å²) >= 11 is 0. The number of hydrogen-bond donors (Lipinski definition) is 2. The van der Waals surface area contributed by atoms with E-state index in [1.807, 2.05) is 6.92 Å². The second kappa shape index (κ2) is 9.23. The van der Waals surface area contributed by atoms with Crippen molar-refractivity contribution in [1.82, 2.24) is 4.98 Å². The van der Waals surface area contributed by atoms with Crippen LogP contribution in [0.5, 0.6) is 0 Å². The number of hydrogen-bond acceptors (Lipinski definition) is 5. The molecule has 1 aliphatic heterocycles. The number of nitrogens with two attached hydrogens (primary N) is 1. The van der Waals surface area contributed by atoms with Crippen LogP contribution in [0, 0.1) is 5.82 Å². The first-order valence-electron chi connectivity index (χ1n) is 8.62. The zero-order valence-electron chi connectivity index (χ0n) is 15.5. The number of aromatic nitrogens is 1. The van der Waals surface area contributed by atoms with Gasteiger partial charge in [0, 0.05) is 17.4 Å². The largest absolute Gasteiger partial charge is 0.385 e. The first kappa shape index (κ1) is 22.6. The lowest BCUT2D eigenvalue weighted by Crippen LogP contribution is -2.45. The molecule has 0 bridgehead atoms. The molecule has 3 N–H and O–H groups in total. The van der Waals surface area contributed by atoms with Gasteiger partial charge in [-0.1, -0.05) is 13.0 Å². The standard InChI is InChI=1S/C19H19F3N4O2.ClH/c1-2-11-3-6-15(24-8-11)17(27)25-12-4-5-14(20)13(7-12)19(18(21)22)10-28-9-16(23)26-19;/h3-8,18H,2,9-10H2,1H3,(H2,23,26)(H,25,27);1H/t19-;/m0./s1. The topological polar surface area (TPSA) is 89.6 Å². The van der Waals surface area contributed by atoms with Crippen molar-refractivity contribution in [3.8, 4) is 0 Å². The second-order valence-corrected chi connectivity index (χ2v) is 6.37. The molecule has 1 atom stereocenters. The highest BCUT2D eigenvalue weighted by Gasteiger charge is 2.46. The summed E-state index contributed by atoms with van der Waals surface area (Å²) in [5, 5.41) is 2.54. The number of halogens is 4. The van der Waals surface area contributed by atoms with E-state index in [0.29, 0.717) is 0 Å². The minimum Gasteiger partial charge on any atom is -0.385 e. The number of alkyl halides is 2. The van der Waals surface area contributed by atoms with Crippen LogP contribution in [-0.2, 0) is 16.7 Å². The molecule has 0 radical (unpaired) electrons. The van der Waals surface area contributed by atoms with E-state index in [1.165, 1.54) is 6.07 Å². The molecule has 2 heterocycles. The highest BCUT2D eigenvalue weighted by atomic mass is 35.5. The monoisotopic (exact) mass is 428 g/mol. The van der Waals surface area contributed by atoms with E-state index in [4.69, 9.17) is 10.5 Å². The van der Waals surface area contributed by atoms with E-state index in [9.17, 15) is 18.0 Å². The zero-order chi connectivity index (χ0) is 20.3. The maximum absolute atomic E-state index is 14.4. The van der Waals surface area contributed by atoms with Gasteiger partial charge in [-0.15, -0.1) is 12.4 Å². The summed E-state index contributed by atoms with van der Waals surface area (Å²) in [6.07, 6.45) is -0.708. The molecule has 1 aliphatic rings. The van der Waals surface area contributed by atoms with Crippen LogP contribution in [-0.4, -0.2) is 36.4 Å². The van der Waals surface area contributed by atoms with Gasteiger partial charge in [0.25, 0.3) is 12.3 Å². The summed E-state index contributed by atoms with van der Waals surface area (Å²) in [5.41, 5.74) is 4.11. The highest BCUT2D eigenvalue weighted by Crippen LogP contribution is 2.37. The molecular weight excluding hydrogens is 409 g/mol. The van der Waals surface area contributed by atoms with E-state index in [1.54, 1.807) is 18.3 Å². The van der Waals surface area contributed by atoms with E-state index >= 15 is 0 Å². The van der Waals surface area contributed by atoms with E-state index in [2.05, 4.69) is 15.3 Å². The number of rotatable bonds is 5. The molecule has 6 nitrogen and oxygen atoms in total. The van der Waals surface area contributed by atoms with Gasteiger partial charge in [0.15, 0.2) is 5.54 Å². The zero-order valence-corrected chi connectivity index (χ0v) is 16.3. The van der Waals surface area contributed by atoms with Gasteiger partial charge in [-0.3, -0.25) is 14.8 Å². The number of carbonyl (C=O) groups excluding carboxylic acids is 1. The van der Waals surface area contributed by atoms with Crippen LogP contribution in [0.2, 0.25) is 0 Å². The summed E-state index contributed by atoms with van der Waals surface area (Å²) in [7, 11) is 0. The van der Waals surface area contributed by atoms with Gasteiger partial charge >= 0.3 is 0 Å². The molecule has 0 unspecified atom stereocenters. The average Bonchev–Trinajstić information content (AvgIpc) is 2.69. The minimum absolute atomic E-state index is 0. The third kappa shape index (κ3) is 4.68. The van der Waals surface area contributed by atoms with Crippen LogP contribution in [0.1, 0.15) is 28.5 Å². The Labute approximate surface area is 171 Å². The van der Waals surface area contributed by atoms with Gasteiger partial charge in [-0.25, -0.2) is 13.2 Å². The van der Waals surface area contributed by atoms with Crippen LogP contribution in [0.4, 0.5) is 18.9 Å². The Kier molecular flexibility index (Phi) is 7.21. The minimum atomic E-state index is -3.06. The summed E-state index contributed by atoms with van der Waals surface area (Å²) < 4.78 is 47.2. The maximum Gasteiger partial charge on any atom is 0.274 e. The van der Waals surface area contributed by atoms with Crippen LogP contribution in [0.25, 0.3) is 0 Å². The molecule has 156 valence electrons. The number of benzene rings is 1. The molecule has 0 fully saturated rings. The molecular formula is C19H20ClF3N4O2. The predicted molar refractivity (Wildman–Crippen MR) is 105 cm³/mol. The number of nitrogens with zero attached hydrogens (tertiary/aromatic N) is 2. The third-order valence-electron chi connectivity index (χ3n) is 4.43. The fourth-order valence-corrected chi connectivity index (χ4v) is 2.90. The Balaban J connectivity index is 0.00000300. The maximum atomic E-state index is 14.4. The van der Waals surface area contributed by atoms with Crippen molar-refractivity contribution in [3.63, 3.8) is 0 Å². The van der Waals surface area contributed by atoms with E-state index in [0.717, 1.165) is 24.1 Å². The van der Waals surface area contributed by atoms with Gasteiger partial charge in [-0.05, 0) is 36.2 Å². The first-order valence-corrected chi connectivity index (χ1v) is 8.62. The number of amides is 1. The Morgan fingerprint density at radius 2 is 2.10 bits per heavy atom. The van der Waals surface area contributed by atoms with Crippen molar-refractivity contribution in [2.24, 2.45) is 10.7 Å². The van der Waals surface area contributed by atoms with E-state index in [-0.39, 0.29) is 36.2 Å². The van der Waals surface area contributed by atoms with Gasteiger partial charge in [0.2, 0.25) is 0 Å². The Morgan fingerprint density at radius 3 is 2.69 bits per heavy atom. The van der Waals surface area contributed by atoms with Crippen LogP contribution >= 0.6 is 12.4 Å². The van der Waals surface area contributed by atoms with Crippen molar-refractivity contribution in [3.05, 3.63) is 59.2 Å². The van der Waals surface area contributed by atoms with Crippen LogP contribution < -0.4 is 11.1 Å². The number of pyridine rings is 1. The molecule has 1 aromatic carbocycles. The lowest BCUT2D eigenvalue weighted by atomic mass is 9.90. The number of nitrogens with one attached hydrogen (secondary N) is 1. The number of carbonyl (C=O) groups is 1. The number of ether oxygens (including phenoxy) is 1. The summed E-state index contributed by atoms with van der Waals surface area (Å²) in [6.45, 7) is 1.32. The lowest BCUT2D eigenvalue weighted by molar-refractivity contribution is -0.0145. The summed E-state index contributed by atoms with van der Waals surface area (Å²) in [4.78, 5) is 20.2. The van der Waals surface area contributed by atoms with Crippen molar-refractivity contribution in [2.75, 3.05) is 18.5 Å². The smallest absolute Gasteiger partial charge is 0.274 e. The van der Waals surface area contributed by atoms with Crippen molar-refractivity contribution in [2.45, 2.75) is 25.3 Å². The molecule has 1 aromatic heterocycles. The predicted octanol–water partition coefficient (Wildman–Crippen LogP) is 3.31. The van der Waals surface area contributed by atoms with Crippen LogP contribution in [0.15, 0.2) is 41.5 Å². The molecule has 10 heteroatoms. The van der Waals surface area contributed by atoms with Crippen molar-refractivity contribution in [1.29, 1.82) is 0 Å². The Hall–Kier alpha value is -2.65. The van der Waals surface area contributed by atoms with Crippen molar-refractivity contribution < 1.29 is 22.7 Å². The fourth-order valence-electron chi connectivity index (χ4n) is 2.90. The molecule has 0 saturated heterocycles. The fraction of sp³-hybridized carbons (Fsp3) is 0.316. The van der Waals surface area contributed by atoms with Gasteiger partial charge in [0.1, 0.15) is 24.0 Å². The Morgan fingerprint density at radius 1 is 1.34 bits per heavy atom. The molecule has 0 aliphatic carbocycles. The molecule has 2 aromatic rings. The molecule has 0 spiro atoms. The number of anilines is 1. The molecule has 0 saturated carbocycles. The number of aliphatic imine (C=N–C) groups is 1. The molecule has 1 amide bonds. The normalized spacial score (nSPS) is 18.7. The van der Waals surface area contributed by atoms with E-state index < -0.39 is 35.9 Å². The van der Waals surface area contributed by atoms with Crippen LogP contribution in [0.3, 0.4) is 0 Å². The molecule has 29 heavy (non-hydrogen) atoms. The number of aryl methyl sites for hydroxylation is 1. The second-order valence-electron chi connectivity index (χ2n) is 6.37. The lowest BCUT2D eigenvalue weighted by Gasteiger charge is -2.33.